The topological polar surface area (TPSA) is 108 Å². The number of ether oxygens (including phenoxy) is 4. The van der Waals surface area contributed by atoms with Crippen LogP contribution in [-0.2, 0) is 25.5 Å². The predicted molar refractivity (Wildman–Crippen MR) is 206 cm³/mol. The van der Waals surface area contributed by atoms with E-state index in [2.05, 4.69) is 39.5 Å². The minimum atomic E-state index is -0.522. The average molecular weight is 741 g/mol. The van der Waals surface area contributed by atoms with Gasteiger partial charge in [-0.05, 0) is 88.3 Å². The van der Waals surface area contributed by atoms with Gasteiger partial charge in [0, 0.05) is 91.0 Å². The number of rotatable bonds is 10. The SMILES string of the molecule is CCCN1C[C@@H](NC(=O)N(C)Cc2ccccc2)C[C@@H]2CC3(CC[C@H]21)OCC(CCCN1C[C@@H](NC(=O)N(C)C)C[C@@H]2CCOCCOCCCC21)O3. The summed E-state index contributed by atoms with van der Waals surface area (Å²) in [6, 6.07) is 11.3. The molecule has 0 radical (unpaired) electrons. The highest BCUT2D eigenvalue weighted by molar-refractivity contribution is 5.74. The Labute approximate surface area is 318 Å². The molecule has 1 aliphatic carbocycles. The van der Waals surface area contributed by atoms with Crippen LogP contribution in [0.15, 0.2) is 30.3 Å². The molecule has 5 aliphatic rings. The molecule has 4 heterocycles. The van der Waals surface area contributed by atoms with Gasteiger partial charge < -0.3 is 39.4 Å². The van der Waals surface area contributed by atoms with Gasteiger partial charge in [-0.3, -0.25) is 9.80 Å². The molecule has 1 aromatic rings. The van der Waals surface area contributed by atoms with Crippen LogP contribution in [0.25, 0.3) is 0 Å². The average Bonchev–Trinajstić information content (AvgIpc) is 3.50. The van der Waals surface area contributed by atoms with E-state index in [4.69, 9.17) is 18.9 Å². The molecule has 1 aromatic carbocycles. The fourth-order valence-corrected chi connectivity index (χ4v) is 9.86. The van der Waals surface area contributed by atoms with E-state index in [-0.39, 0.29) is 30.2 Å². The Morgan fingerprint density at radius 2 is 1.55 bits per heavy atom. The molecule has 12 heteroatoms. The fourth-order valence-electron chi connectivity index (χ4n) is 9.86. The number of urea groups is 2. The lowest BCUT2D eigenvalue weighted by Crippen LogP contribution is -2.60. The van der Waals surface area contributed by atoms with Gasteiger partial charge in [0.25, 0.3) is 0 Å². The second-order valence-corrected chi connectivity index (χ2v) is 16.6. The van der Waals surface area contributed by atoms with E-state index in [1.165, 1.54) is 0 Å². The Kier molecular flexibility index (Phi) is 14.7. The van der Waals surface area contributed by atoms with Gasteiger partial charge >= 0.3 is 12.1 Å². The van der Waals surface area contributed by atoms with Gasteiger partial charge in [-0.1, -0.05) is 37.3 Å². The van der Waals surface area contributed by atoms with E-state index >= 15 is 0 Å². The molecule has 8 atom stereocenters. The van der Waals surface area contributed by atoms with Crippen molar-refractivity contribution in [2.24, 2.45) is 11.8 Å². The van der Waals surface area contributed by atoms with Crippen LogP contribution in [-0.4, -0.2) is 148 Å². The van der Waals surface area contributed by atoms with Crippen molar-refractivity contribution in [1.29, 1.82) is 0 Å². The Morgan fingerprint density at radius 1 is 0.849 bits per heavy atom. The lowest BCUT2D eigenvalue weighted by Gasteiger charge is -2.51. The van der Waals surface area contributed by atoms with Crippen LogP contribution in [0.5, 0.6) is 0 Å². The van der Waals surface area contributed by atoms with Crippen LogP contribution in [0.2, 0.25) is 0 Å². The normalized spacial score (nSPS) is 32.9. The molecule has 0 bridgehead atoms. The zero-order chi connectivity index (χ0) is 37.2. The maximum absolute atomic E-state index is 13.3. The van der Waals surface area contributed by atoms with Crippen molar-refractivity contribution in [3.8, 4) is 0 Å². The summed E-state index contributed by atoms with van der Waals surface area (Å²) in [6.45, 7) is 10.1. The molecule has 0 aromatic heterocycles. The highest BCUT2D eigenvalue weighted by Crippen LogP contribution is 2.46. The van der Waals surface area contributed by atoms with Crippen LogP contribution in [0.4, 0.5) is 9.59 Å². The molecular weight excluding hydrogens is 672 g/mol. The Hall–Kier alpha value is -2.48. The molecule has 53 heavy (non-hydrogen) atoms. The van der Waals surface area contributed by atoms with Gasteiger partial charge in [-0.15, -0.1) is 0 Å². The lowest BCUT2D eigenvalue weighted by molar-refractivity contribution is -0.211. The minimum absolute atomic E-state index is 0.0123. The highest BCUT2D eigenvalue weighted by Gasteiger charge is 2.51. The molecule has 4 saturated heterocycles. The summed E-state index contributed by atoms with van der Waals surface area (Å²) in [6.07, 6.45) is 11.1. The third-order valence-electron chi connectivity index (χ3n) is 12.4. The number of carbonyl (C=O) groups is 2. The molecular formula is C41H68N6O6. The zero-order valence-corrected chi connectivity index (χ0v) is 33.0. The summed E-state index contributed by atoms with van der Waals surface area (Å²) in [4.78, 5) is 34.7. The van der Waals surface area contributed by atoms with E-state index in [1.807, 2.05) is 25.2 Å². The van der Waals surface area contributed by atoms with Gasteiger partial charge in [0.15, 0.2) is 5.79 Å². The number of hydrogen-bond donors (Lipinski definition) is 2. The van der Waals surface area contributed by atoms with Crippen LogP contribution < -0.4 is 10.6 Å². The molecule has 1 saturated carbocycles. The molecule has 6 rings (SSSR count). The molecule has 3 unspecified atom stereocenters. The van der Waals surface area contributed by atoms with Crippen molar-refractivity contribution in [3.05, 3.63) is 35.9 Å². The quantitative estimate of drug-likeness (QED) is 0.349. The maximum atomic E-state index is 13.3. The predicted octanol–water partition coefficient (Wildman–Crippen LogP) is 4.92. The van der Waals surface area contributed by atoms with Crippen molar-refractivity contribution < 1.29 is 28.5 Å². The van der Waals surface area contributed by atoms with E-state index in [1.54, 1.807) is 23.9 Å². The van der Waals surface area contributed by atoms with E-state index < -0.39 is 5.79 Å². The highest BCUT2D eigenvalue weighted by atomic mass is 16.7. The van der Waals surface area contributed by atoms with Crippen LogP contribution >= 0.6 is 0 Å². The number of hydrogen-bond acceptors (Lipinski definition) is 8. The smallest absolute Gasteiger partial charge is 0.317 e. The second-order valence-electron chi connectivity index (χ2n) is 16.6. The van der Waals surface area contributed by atoms with Gasteiger partial charge in [-0.2, -0.15) is 0 Å². The van der Waals surface area contributed by atoms with Crippen molar-refractivity contribution in [1.82, 2.24) is 30.2 Å². The van der Waals surface area contributed by atoms with Gasteiger partial charge in [0.2, 0.25) is 0 Å². The monoisotopic (exact) mass is 741 g/mol. The van der Waals surface area contributed by atoms with E-state index in [0.717, 1.165) is 116 Å². The van der Waals surface area contributed by atoms with E-state index in [9.17, 15) is 9.59 Å². The summed E-state index contributed by atoms with van der Waals surface area (Å²) in [5.41, 5.74) is 1.13. The number of nitrogens with zero attached hydrogens (tertiary/aromatic N) is 4. The Bertz CT molecular complexity index is 1290. The summed E-state index contributed by atoms with van der Waals surface area (Å²) >= 11 is 0. The van der Waals surface area contributed by atoms with E-state index in [0.29, 0.717) is 50.3 Å². The van der Waals surface area contributed by atoms with Crippen LogP contribution in [0, 0.1) is 11.8 Å². The number of carbonyl (C=O) groups excluding carboxylic acids is 2. The van der Waals surface area contributed by atoms with Crippen molar-refractivity contribution >= 4 is 12.1 Å². The molecule has 298 valence electrons. The Balaban J connectivity index is 1.03. The number of nitrogens with one attached hydrogen (secondary N) is 2. The maximum Gasteiger partial charge on any atom is 0.317 e. The van der Waals surface area contributed by atoms with Crippen molar-refractivity contribution in [2.45, 2.75) is 120 Å². The fraction of sp³-hybridized carbons (Fsp3) is 0.805. The third kappa shape index (κ3) is 11.1. The molecule has 4 aliphatic heterocycles. The number of piperidine rings is 2. The molecule has 5 fully saturated rings. The number of benzene rings is 1. The molecule has 12 nitrogen and oxygen atoms in total. The van der Waals surface area contributed by atoms with Crippen molar-refractivity contribution in [2.75, 3.05) is 80.4 Å². The molecule has 2 N–H and O–H groups in total. The largest absolute Gasteiger partial charge is 0.379 e. The first-order chi connectivity index (χ1) is 25.7. The van der Waals surface area contributed by atoms with Crippen molar-refractivity contribution in [3.63, 3.8) is 0 Å². The first-order valence-electron chi connectivity index (χ1n) is 20.7. The third-order valence-corrected chi connectivity index (χ3v) is 12.4. The van der Waals surface area contributed by atoms with Crippen LogP contribution in [0.3, 0.4) is 0 Å². The number of amides is 4. The summed E-state index contributed by atoms with van der Waals surface area (Å²) < 4.78 is 25.2. The number of fused-ring (bicyclic) bond motifs is 2. The standard InChI is InChI=1S/C41H68N6O6/c1-5-18-46-28-35(43-40(49)45(4)27-31-11-7-6-8-12-31)25-33-26-41(17-15-38(33)46)52-30-36(53-41)13-9-19-47-29-34(42-39(48)44(2)3)24-32-16-21-51-23-22-50-20-10-14-37(32)47/h6-8,11-12,32-38H,5,9-10,13-30H2,1-4H3,(H,42,48)(H,43,49)/t32-,33+,34-,35-,36?,37?,38+,41?/m0/s1. The zero-order valence-electron chi connectivity index (χ0n) is 33.0. The first-order valence-corrected chi connectivity index (χ1v) is 20.7. The summed E-state index contributed by atoms with van der Waals surface area (Å²) in [5, 5.41) is 6.68. The number of likely N-dealkylation sites (tertiary alicyclic amines) is 2. The van der Waals surface area contributed by atoms with Gasteiger partial charge in [0.1, 0.15) is 0 Å². The summed E-state index contributed by atoms with van der Waals surface area (Å²) in [7, 11) is 5.49. The first kappa shape index (κ1) is 40.2. The lowest BCUT2D eigenvalue weighted by atomic mass is 9.74. The second kappa shape index (κ2) is 19.4. The Morgan fingerprint density at radius 3 is 2.30 bits per heavy atom. The molecule has 4 amide bonds. The van der Waals surface area contributed by atoms with Crippen LogP contribution in [0.1, 0.15) is 83.1 Å². The summed E-state index contributed by atoms with van der Waals surface area (Å²) in [5.74, 6) is 0.364. The van der Waals surface area contributed by atoms with Gasteiger partial charge in [-0.25, -0.2) is 9.59 Å². The van der Waals surface area contributed by atoms with Gasteiger partial charge in [0.05, 0.1) is 25.9 Å². The molecule has 1 spiro atoms. The minimum Gasteiger partial charge on any atom is -0.379 e.